The zero-order valence-corrected chi connectivity index (χ0v) is 12.7. The number of nitrogens with two attached hydrogens (primary N) is 1. The fourth-order valence-corrected chi connectivity index (χ4v) is 1.97. The van der Waals surface area contributed by atoms with E-state index in [0.29, 0.717) is 11.4 Å². The molecule has 0 aliphatic rings. The maximum atomic E-state index is 13.4. The highest BCUT2D eigenvalue weighted by atomic mass is 35.5. The van der Waals surface area contributed by atoms with Gasteiger partial charge in [0.15, 0.2) is 0 Å². The molecule has 1 amide bonds. The van der Waals surface area contributed by atoms with Gasteiger partial charge in [-0.2, -0.15) is 5.10 Å². The summed E-state index contributed by atoms with van der Waals surface area (Å²) in [7, 11) is 1.46. The van der Waals surface area contributed by atoms with Crippen LogP contribution in [-0.4, -0.2) is 35.4 Å². The molecule has 0 spiro atoms. The lowest BCUT2D eigenvalue weighted by molar-refractivity contribution is -0.118. The van der Waals surface area contributed by atoms with Crippen molar-refractivity contribution >= 4 is 23.3 Å². The zero-order chi connectivity index (χ0) is 16.1. The number of aromatic nitrogens is 2. The number of carbonyl (C=O) groups is 1. The van der Waals surface area contributed by atoms with Crippen molar-refractivity contribution in [2.45, 2.75) is 12.6 Å². The fourth-order valence-electron chi connectivity index (χ4n) is 1.85. The first kappa shape index (κ1) is 16.4. The van der Waals surface area contributed by atoms with E-state index in [1.807, 2.05) is 0 Å². The Labute approximate surface area is 132 Å². The van der Waals surface area contributed by atoms with Gasteiger partial charge in [-0.25, -0.2) is 9.07 Å². The molecule has 0 saturated carbocycles. The van der Waals surface area contributed by atoms with Crippen LogP contribution in [0.1, 0.15) is 5.56 Å². The van der Waals surface area contributed by atoms with E-state index in [1.54, 1.807) is 12.1 Å². The van der Waals surface area contributed by atoms with Crippen LogP contribution in [-0.2, 0) is 16.1 Å². The number of rotatable bonds is 6. The van der Waals surface area contributed by atoms with E-state index in [4.69, 9.17) is 22.1 Å². The standard InChI is InChI=1S/C14H16ClFN4O2/c1-22-8-12(17)14(21)19-13-4-5-18-20(13)7-9-2-3-10(15)11(16)6-9/h2-6,12H,7-8,17H2,1H3,(H,19,21). The molecular weight excluding hydrogens is 311 g/mol. The van der Waals surface area contributed by atoms with E-state index >= 15 is 0 Å². The van der Waals surface area contributed by atoms with Gasteiger partial charge in [-0.1, -0.05) is 17.7 Å². The highest BCUT2D eigenvalue weighted by molar-refractivity contribution is 6.30. The summed E-state index contributed by atoms with van der Waals surface area (Å²) in [5, 5.41) is 6.81. The molecule has 0 fully saturated rings. The number of carbonyl (C=O) groups excluding carboxylic acids is 1. The second kappa shape index (κ2) is 7.35. The summed E-state index contributed by atoms with van der Waals surface area (Å²) in [5.74, 6) is -0.420. The van der Waals surface area contributed by atoms with Gasteiger partial charge in [0, 0.05) is 13.2 Å². The molecule has 0 aliphatic carbocycles. The van der Waals surface area contributed by atoms with Gasteiger partial charge in [0.2, 0.25) is 5.91 Å². The SMILES string of the molecule is COCC(N)C(=O)Nc1ccnn1Cc1ccc(Cl)c(F)c1. The Hall–Kier alpha value is -1.96. The lowest BCUT2D eigenvalue weighted by Gasteiger charge is -2.13. The van der Waals surface area contributed by atoms with Crippen LogP contribution in [0.2, 0.25) is 5.02 Å². The minimum absolute atomic E-state index is 0.0586. The molecule has 2 aromatic rings. The Kier molecular flexibility index (Phi) is 5.48. The third-order valence-corrected chi connectivity index (χ3v) is 3.27. The number of amides is 1. The van der Waals surface area contributed by atoms with Crippen molar-refractivity contribution in [2.24, 2.45) is 5.73 Å². The van der Waals surface area contributed by atoms with E-state index in [1.165, 1.54) is 30.1 Å². The topological polar surface area (TPSA) is 82.2 Å². The summed E-state index contributed by atoms with van der Waals surface area (Å²) in [6.07, 6.45) is 1.53. The van der Waals surface area contributed by atoms with Crippen LogP contribution in [0.15, 0.2) is 30.5 Å². The molecule has 0 radical (unpaired) electrons. The van der Waals surface area contributed by atoms with Gasteiger partial charge in [0.05, 0.1) is 24.4 Å². The number of hydrogen-bond acceptors (Lipinski definition) is 4. The molecule has 2 rings (SSSR count). The van der Waals surface area contributed by atoms with Crippen molar-refractivity contribution in [1.29, 1.82) is 0 Å². The Morgan fingerprint density at radius 1 is 1.55 bits per heavy atom. The largest absolute Gasteiger partial charge is 0.383 e. The molecule has 22 heavy (non-hydrogen) atoms. The fraction of sp³-hybridized carbons (Fsp3) is 0.286. The van der Waals surface area contributed by atoms with E-state index in [9.17, 15) is 9.18 Å². The molecule has 0 aliphatic heterocycles. The van der Waals surface area contributed by atoms with Crippen molar-refractivity contribution in [3.63, 3.8) is 0 Å². The van der Waals surface area contributed by atoms with Crippen LogP contribution in [0.3, 0.4) is 0 Å². The highest BCUT2D eigenvalue weighted by Crippen LogP contribution is 2.17. The molecule has 1 heterocycles. The van der Waals surface area contributed by atoms with Crippen LogP contribution in [0.5, 0.6) is 0 Å². The molecule has 1 atom stereocenters. The van der Waals surface area contributed by atoms with Crippen LogP contribution in [0.25, 0.3) is 0 Å². The minimum Gasteiger partial charge on any atom is -0.383 e. The van der Waals surface area contributed by atoms with Crippen molar-refractivity contribution in [1.82, 2.24) is 9.78 Å². The van der Waals surface area contributed by atoms with Crippen molar-refractivity contribution in [3.05, 3.63) is 46.9 Å². The van der Waals surface area contributed by atoms with Gasteiger partial charge >= 0.3 is 0 Å². The van der Waals surface area contributed by atoms with E-state index in [2.05, 4.69) is 10.4 Å². The average Bonchev–Trinajstić information content (AvgIpc) is 2.90. The van der Waals surface area contributed by atoms with Crippen molar-refractivity contribution < 1.29 is 13.9 Å². The quantitative estimate of drug-likeness (QED) is 0.845. The minimum atomic E-state index is -0.777. The van der Waals surface area contributed by atoms with E-state index < -0.39 is 11.9 Å². The lowest BCUT2D eigenvalue weighted by atomic mass is 10.2. The Balaban J connectivity index is 2.09. The summed E-state index contributed by atoms with van der Waals surface area (Å²) in [4.78, 5) is 11.9. The van der Waals surface area contributed by atoms with Crippen LogP contribution in [0, 0.1) is 5.82 Å². The number of methoxy groups -OCH3 is 1. The molecule has 6 nitrogen and oxygen atoms in total. The number of nitrogens with zero attached hydrogens (tertiary/aromatic N) is 2. The van der Waals surface area contributed by atoms with Gasteiger partial charge in [0.25, 0.3) is 0 Å². The van der Waals surface area contributed by atoms with Gasteiger partial charge < -0.3 is 15.8 Å². The van der Waals surface area contributed by atoms with Crippen LogP contribution >= 0.6 is 11.6 Å². The first-order chi connectivity index (χ1) is 10.5. The number of nitrogens with one attached hydrogen (secondary N) is 1. The van der Waals surface area contributed by atoms with Gasteiger partial charge in [-0.05, 0) is 17.7 Å². The lowest BCUT2D eigenvalue weighted by Crippen LogP contribution is -2.39. The smallest absolute Gasteiger partial charge is 0.244 e. The summed E-state index contributed by atoms with van der Waals surface area (Å²) >= 11 is 5.65. The first-order valence-corrected chi connectivity index (χ1v) is 6.90. The Bertz CT molecular complexity index is 662. The van der Waals surface area contributed by atoms with Crippen molar-refractivity contribution in [2.75, 3.05) is 19.0 Å². The summed E-state index contributed by atoms with van der Waals surface area (Å²) in [5.41, 5.74) is 6.32. The molecule has 8 heteroatoms. The predicted octanol–water partition coefficient (Wildman–Crippen LogP) is 1.64. The predicted molar refractivity (Wildman–Crippen MR) is 81.2 cm³/mol. The molecule has 3 N–H and O–H groups in total. The average molecular weight is 327 g/mol. The number of ether oxygens (including phenoxy) is 1. The zero-order valence-electron chi connectivity index (χ0n) is 11.9. The summed E-state index contributed by atoms with van der Waals surface area (Å²) in [6, 6.07) is 5.34. The number of hydrogen-bond donors (Lipinski definition) is 2. The Morgan fingerprint density at radius 3 is 3.00 bits per heavy atom. The van der Waals surface area contributed by atoms with Gasteiger partial charge in [-0.15, -0.1) is 0 Å². The third-order valence-electron chi connectivity index (χ3n) is 2.97. The number of benzene rings is 1. The van der Waals surface area contributed by atoms with Crippen molar-refractivity contribution in [3.8, 4) is 0 Å². The monoisotopic (exact) mass is 326 g/mol. The van der Waals surface area contributed by atoms with E-state index in [0.717, 1.165) is 0 Å². The molecule has 118 valence electrons. The second-order valence-corrected chi connectivity index (χ2v) is 5.08. The second-order valence-electron chi connectivity index (χ2n) is 4.67. The third kappa shape index (κ3) is 4.03. The Morgan fingerprint density at radius 2 is 2.32 bits per heavy atom. The number of halogens is 2. The van der Waals surface area contributed by atoms with E-state index in [-0.39, 0.29) is 24.1 Å². The first-order valence-electron chi connectivity index (χ1n) is 6.52. The van der Waals surface area contributed by atoms with Gasteiger partial charge in [0.1, 0.15) is 17.7 Å². The maximum absolute atomic E-state index is 13.4. The number of anilines is 1. The molecule has 0 bridgehead atoms. The van der Waals surface area contributed by atoms with Gasteiger partial charge in [-0.3, -0.25) is 4.79 Å². The van der Waals surface area contributed by atoms with Crippen LogP contribution in [0.4, 0.5) is 10.2 Å². The summed E-state index contributed by atoms with van der Waals surface area (Å²) in [6.45, 7) is 0.401. The maximum Gasteiger partial charge on any atom is 0.244 e. The molecular formula is C14H16ClFN4O2. The molecule has 1 unspecified atom stereocenters. The molecule has 1 aromatic heterocycles. The summed E-state index contributed by atoms with van der Waals surface area (Å²) < 4.78 is 19.8. The molecule has 1 aromatic carbocycles. The highest BCUT2D eigenvalue weighted by Gasteiger charge is 2.15. The molecule has 0 saturated heterocycles. The normalized spacial score (nSPS) is 12.2. The van der Waals surface area contributed by atoms with Crippen LogP contribution < -0.4 is 11.1 Å².